The zero-order chi connectivity index (χ0) is 24.2. The molecule has 2 aromatic carbocycles. The molecule has 1 aromatic heterocycles. The molecule has 2 amide bonds. The maximum Gasteiger partial charge on any atom is 0.254 e. The van der Waals surface area contributed by atoms with Crippen LogP contribution in [0.25, 0.3) is 5.69 Å². The van der Waals surface area contributed by atoms with E-state index in [1.807, 2.05) is 63.2 Å². The second-order valence-corrected chi connectivity index (χ2v) is 9.55. The Bertz CT molecular complexity index is 1110. The molecular formula is C27H34N4O2. The molecule has 0 spiro atoms. The van der Waals surface area contributed by atoms with E-state index in [1.54, 1.807) is 21.7 Å². The summed E-state index contributed by atoms with van der Waals surface area (Å²) in [6.45, 7) is 12.7. The fourth-order valence-corrected chi connectivity index (χ4v) is 3.48. The number of aromatic nitrogens is 2. The highest BCUT2D eigenvalue weighted by Crippen LogP contribution is 2.26. The van der Waals surface area contributed by atoms with Gasteiger partial charge in [0.1, 0.15) is 12.4 Å². The molecule has 0 aliphatic carbocycles. The summed E-state index contributed by atoms with van der Waals surface area (Å²) in [6, 6.07) is 17.3. The van der Waals surface area contributed by atoms with Gasteiger partial charge in [0, 0.05) is 23.6 Å². The van der Waals surface area contributed by atoms with E-state index < -0.39 is 0 Å². The van der Waals surface area contributed by atoms with Gasteiger partial charge in [-0.2, -0.15) is 5.10 Å². The minimum atomic E-state index is -0.252. The van der Waals surface area contributed by atoms with Crippen molar-refractivity contribution in [1.82, 2.24) is 14.7 Å². The summed E-state index contributed by atoms with van der Waals surface area (Å²) >= 11 is 0. The van der Waals surface area contributed by atoms with Crippen LogP contribution in [-0.4, -0.2) is 39.6 Å². The molecule has 3 aromatic rings. The number of aryl methyl sites for hydroxylation is 2. The number of rotatable bonds is 7. The fourth-order valence-electron chi connectivity index (χ4n) is 3.48. The summed E-state index contributed by atoms with van der Waals surface area (Å²) in [7, 11) is 0. The zero-order valence-corrected chi connectivity index (χ0v) is 20.5. The molecule has 174 valence electrons. The summed E-state index contributed by atoms with van der Waals surface area (Å²) < 4.78 is 1.75. The highest BCUT2D eigenvalue weighted by atomic mass is 16.2. The van der Waals surface area contributed by atoms with Crippen molar-refractivity contribution in [3.05, 3.63) is 77.0 Å². The molecule has 1 N–H and O–H groups in total. The predicted octanol–water partition coefficient (Wildman–Crippen LogP) is 5.28. The van der Waals surface area contributed by atoms with Crippen LogP contribution in [0.15, 0.2) is 54.6 Å². The van der Waals surface area contributed by atoms with Crippen LogP contribution in [0, 0.1) is 13.8 Å². The summed E-state index contributed by atoms with van der Waals surface area (Å²) in [5.41, 5.74) is 4.39. The third-order valence-corrected chi connectivity index (χ3v) is 5.44. The Hall–Kier alpha value is -3.41. The van der Waals surface area contributed by atoms with E-state index in [1.165, 1.54) is 0 Å². The number of hydrogen-bond donors (Lipinski definition) is 1. The molecule has 0 aliphatic rings. The SMILES string of the molecule is CCCN(CC(=O)Nc1cc(C(C)(C)C)nn1-c1ccc(C)cc1)C(=O)c1ccc(C)cc1. The quantitative estimate of drug-likeness (QED) is 0.537. The smallest absolute Gasteiger partial charge is 0.254 e. The van der Waals surface area contributed by atoms with Crippen LogP contribution in [0.5, 0.6) is 0 Å². The monoisotopic (exact) mass is 446 g/mol. The number of anilines is 1. The van der Waals surface area contributed by atoms with Crippen molar-refractivity contribution >= 4 is 17.6 Å². The minimum Gasteiger partial charge on any atom is -0.329 e. The second kappa shape index (κ2) is 10.0. The largest absolute Gasteiger partial charge is 0.329 e. The van der Waals surface area contributed by atoms with Crippen LogP contribution in [0.4, 0.5) is 5.82 Å². The molecule has 0 radical (unpaired) electrons. The number of nitrogens with one attached hydrogen (secondary N) is 1. The molecule has 0 aliphatic heterocycles. The molecule has 0 bridgehead atoms. The maximum absolute atomic E-state index is 13.0. The second-order valence-electron chi connectivity index (χ2n) is 9.55. The summed E-state index contributed by atoms with van der Waals surface area (Å²) in [6.07, 6.45) is 0.764. The Morgan fingerprint density at radius 1 is 0.970 bits per heavy atom. The molecule has 3 rings (SSSR count). The lowest BCUT2D eigenvalue weighted by molar-refractivity contribution is -0.116. The van der Waals surface area contributed by atoms with Crippen molar-refractivity contribution in [3.8, 4) is 5.69 Å². The van der Waals surface area contributed by atoms with Gasteiger partial charge in [-0.05, 0) is 44.5 Å². The van der Waals surface area contributed by atoms with Gasteiger partial charge in [-0.1, -0.05) is 63.1 Å². The molecule has 0 saturated carbocycles. The first-order valence-electron chi connectivity index (χ1n) is 11.4. The van der Waals surface area contributed by atoms with Crippen LogP contribution < -0.4 is 5.32 Å². The van der Waals surface area contributed by atoms with Crippen molar-refractivity contribution in [3.63, 3.8) is 0 Å². The van der Waals surface area contributed by atoms with E-state index in [9.17, 15) is 9.59 Å². The molecule has 33 heavy (non-hydrogen) atoms. The Balaban J connectivity index is 1.84. The third kappa shape index (κ3) is 6.09. The number of nitrogens with zero attached hydrogens (tertiary/aromatic N) is 3. The van der Waals surface area contributed by atoms with Gasteiger partial charge in [0.2, 0.25) is 5.91 Å². The summed E-state index contributed by atoms with van der Waals surface area (Å²) in [5.74, 6) is 0.195. The van der Waals surface area contributed by atoms with E-state index in [0.29, 0.717) is 17.9 Å². The number of amides is 2. The van der Waals surface area contributed by atoms with Gasteiger partial charge >= 0.3 is 0 Å². The van der Waals surface area contributed by atoms with Gasteiger partial charge in [-0.25, -0.2) is 4.68 Å². The first-order chi connectivity index (χ1) is 15.6. The van der Waals surface area contributed by atoms with Crippen LogP contribution in [0.1, 0.15) is 61.3 Å². The van der Waals surface area contributed by atoms with Crippen LogP contribution in [0.3, 0.4) is 0 Å². The summed E-state index contributed by atoms with van der Waals surface area (Å²) in [5, 5.41) is 7.75. The van der Waals surface area contributed by atoms with Gasteiger partial charge in [-0.15, -0.1) is 0 Å². The standard InChI is InChI=1S/C27H34N4O2/c1-7-16-30(26(33)21-12-8-19(2)9-13-21)18-25(32)28-24-17-23(27(4,5)6)29-31(24)22-14-10-20(3)11-15-22/h8-15,17H,7,16,18H2,1-6H3,(H,28,32). The van der Waals surface area contributed by atoms with E-state index in [4.69, 9.17) is 5.10 Å². The van der Waals surface area contributed by atoms with Crippen molar-refractivity contribution < 1.29 is 9.59 Å². The molecule has 0 fully saturated rings. The van der Waals surface area contributed by atoms with Gasteiger partial charge in [0.15, 0.2) is 0 Å². The van der Waals surface area contributed by atoms with E-state index in [0.717, 1.165) is 28.9 Å². The average molecular weight is 447 g/mol. The Morgan fingerprint density at radius 2 is 1.55 bits per heavy atom. The average Bonchev–Trinajstić information content (AvgIpc) is 3.18. The molecule has 1 heterocycles. The van der Waals surface area contributed by atoms with Crippen LogP contribution >= 0.6 is 0 Å². The predicted molar refractivity (Wildman–Crippen MR) is 133 cm³/mol. The Morgan fingerprint density at radius 3 is 2.09 bits per heavy atom. The molecule has 6 nitrogen and oxygen atoms in total. The maximum atomic E-state index is 13.0. The zero-order valence-electron chi connectivity index (χ0n) is 20.5. The lowest BCUT2D eigenvalue weighted by Crippen LogP contribution is -2.38. The van der Waals surface area contributed by atoms with E-state index >= 15 is 0 Å². The number of hydrogen-bond acceptors (Lipinski definition) is 3. The van der Waals surface area contributed by atoms with Crippen molar-refractivity contribution in [1.29, 1.82) is 0 Å². The number of benzene rings is 2. The van der Waals surface area contributed by atoms with Crippen LogP contribution in [-0.2, 0) is 10.2 Å². The van der Waals surface area contributed by atoms with E-state index in [2.05, 4.69) is 26.1 Å². The molecule has 0 saturated heterocycles. The molecular weight excluding hydrogens is 412 g/mol. The number of carbonyl (C=O) groups excluding carboxylic acids is 2. The highest BCUT2D eigenvalue weighted by molar-refractivity contribution is 5.99. The van der Waals surface area contributed by atoms with Crippen molar-refractivity contribution in [2.75, 3.05) is 18.4 Å². The van der Waals surface area contributed by atoms with Gasteiger partial charge in [-0.3, -0.25) is 9.59 Å². The van der Waals surface area contributed by atoms with E-state index in [-0.39, 0.29) is 23.8 Å². The fraction of sp³-hybridized carbons (Fsp3) is 0.370. The summed E-state index contributed by atoms with van der Waals surface area (Å²) in [4.78, 5) is 27.7. The van der Waals surface area contributed by atoms with Crippen molar-refractivity contribution in [2.24, 2.45) is 0 Å². The topological polar surface area (TPSA) is 67.2 Å². The minimum absolute atomic E-state index is 0.0233. The molecule has 0 atom stereocenters. The third-order valence-electron chi connectivity index (χ3n) is 5.44. The molecule has 6 heteroatoms. The number of carbonyl (C=O) groups is 2. The van der Waals surface area contributed by atoms with Crippen LogP contribution in [0.2, 0.25) is 0 Å². The Labute approximate surface area is 196 Å². The highest BCUT2D eigenvalue weighted by Gasteiger charge is 2.23. The normalized spacial score (nSPS) is 11.3. The lowest BCUT2D eigenvalue weighted by atomic mass is 9.92. The van der Waals surface area contributed by atoms with Gasteiger partial charge < -0.3 is 10.2 Å². The Kier molecular flexibility index (Phi) is 7.36. The first-order valence-corrected chi connectivity index (χ1v) is 11.4. The lowest BCUT2D eigenvalue weighted by Gasteiger charge is -2.22. The van der Waals surface area contributed by atoms with Gasteiger partial charge in [0.25, 0.3) is 5.91 Å². The first kappa shape index (κ1) is 24.2. The van der Waals surface area contributed by atoms with Gasteiger partial charge in [0.05, 0.1) is 11.4 Å². The van der Waals surface area contributed by atoms with Crippen molar-refractivity contribution in [2.45, 2.75) is 53.4 Å². The molecule has 0 unspecified atom stereocenters.